The molecule has 0 spiro atoms. The van der Waals surface area contributed by atoms with Crippen LogP contribution in [0.15, 0.2) is 18.2 Å². The van der Waals surface area contributed by atoms with Crippen molar-refractivity contribution in [3.8, 4) is 0 Å². The normalized spacial score (nSPS) is 25.1. The van der Waals surface area contributed by atoms with Crippen molar-refractivity contribution in [1.82, 2.24) is 10.3 Å². The van der Waals surface area contributed by atoms with Crippen LogP contribution in [0.2, 0.25) is 0 Å². The van der Waals surface area contributed by atoms with Crippen LogP contribution in [0.25, 0.3) is 0 Å². The molecule has 3 nitrogen and oxygen atoms in total. The van der Waals surface area contributed by atoms with Crippen LogP contribution in [0.3, 0.4) is 0 Å². The van der Waals surface area contributed by atoms with E-state index in [1.165, 1.54) is 6.07 Å². The van der Waals surface area contributed by atoms with E-state index in [1.807, 2.05) is 0 Å². The number of aliphatic hydroxyl groups is 1. The Kier molecular flexibility index (Phi) is 6.78. The Labute approximate surface area is 160 Å². The summed E-state index contributed by atoms with van der Waals surface area (Å²) in [6.07, 6.45) is -18.5. The number of hydrogen-bond acceptors (Lipinski definition) is 3. The van der Waals surface area contributed by atoms with E-state index in [-0.39, 0.29) is 25.0 Å². The van der Waals surface area contributed by atoms with Crippen molar-refractivity contribution in [2.75, 3.05) is 6.54 Å². The van der Waals surface area contributed by atoms with Crippen molar-refractivity contribution >= 4 is 0 Å². The molecule has 3 atom stereocenters. The molecule has 1 fully saturated rings. The topological polar surface area (TPSA) is 45.1 Å². The van der Waals surface area contributed by atoms with Crippen molar-refractivity contribution in [2.45, 2.75) is 62.3 Å². The first-order valence-corrected chi connectivity index (χ1v) is 8.72. The minimum Gasteiger partial charge on any atom is -0.382 e. The van der Waals surface area contributed by atoms with Crippen LogP contribution in [0.4, 0.5) is 39.5 Å². The van der Waals surface area contributed by atoms with Crippen molar-refractivity contribution in [2.24, 2.45) is 5.92 Å². The lowest BCUT2D eigenvalue weighted by Crippen LogP contribution is -2.55. The number of halogens is 9. The van der Waals surface area contributed by atoms with Crippen molar-refractivity contribution in [3.63, 3.8) is 0 Å². The highest BCUT2D eigenvalue weighted by Gasteiger charge is 2.49. The standard InChI is InChI=1S/C17H19F9N2O/c18-15(19,20)10-3-2-6-14(7-10,27-9-13(29)17(24,25)26)8-11-4-1-5-12(28-11)16(21,22)23/h1,4-5,10,13,27,29H,2-3,6-9H2. The Morgan fingerprint density at radius 3 is 2.31 bits per heavy atom. The van der Waals surface area contributed by atoms with E-state index in [1.54, 1.807) is 0 Å². The monoisotopic (exact) mass is 438 g/mol. The Morgan fingerprint density at radius 2 is 1.76 bits per heavy atom. The molecule has 1 aromatic rings. The molecule has 0 saturated heterocycles. The molecule has 1 aliphatic rings. The Morgan fingerprint density at radius 1 is 1.10 bits per heavy atom. The van der Waals surface area contributed by atoms with Gasteiger partial charge in [0.25, 0.3) is 0 Å². The predicted molar refractivity (Wildman–Crippen MR) is 83.8 cm³/mol. The first kappa shape index (κ1) is 23.7. The number of β-amino-alcohol motifs (C(OH)–C–C–N with tert-alkyl or cyclic N) is 1. The molecule has 0 aliphatic heterocycles. The summed E-state index contributed by atoms with van der Waals surface area (Å²) < 4.78 is 116. The second kappa shape index (κ2) is 8.29. The average molecular weight is 438 g/mol. The van der Waals surface area contributed by atoms with Crippen LogP contribution < -0.4 is 5.32 Å². The number of hydrogen-bond donors (Lipinski definition) is 2. The zero-order chi connectivity index (χ0) is 22.1. The number of nitrogens with zero attached hydrogens (tertiary/aromatic N) is 1. The number of nitrogens with one attached hydrogen (secondary N) is 1. The second-order valence-corrected chi connectivity index (χ2v) is 7.24. The first-order chi connectivity index (χ1) is 13.1. The largest absolute Gasteiger partial charge is 0.433 e. The molecule has 29 heavy (non-hydrogen) atoms. The van der Waals surface area contributed by atoms with Gasteiger partial charge in [-0.25, -0.2) is 4.98 Å². The van der Waals surface area contributed by atoms with Gasteiger partial charge in [-0.05, 0) is 31.4 Å². The van der Waals surface area contributed by atoms with E-state index >= 15 is 0 Å². The number of pyridine rings is 1. The molecular formula is C17H19F9N2O. The number of aromatic nitrogens is 1. The zero-order valence-electron chi connectivity index (χ0n) is 14.9. The molecule has 0 radical (unpaired) electrons. The van der Waals surface area contributed by atoms with Gasteiger partial charge in [0.05, 0.1) is 5.92 Å². The van der Waals surface area contributed by atoms with Gasteiger partial charge in [0.2, 0.25) is 0 Å². The van der Waals surface area contributed by atoms with Gasteiger partial charge >= 0.3 is 18.5 Å². The van der Waals surface area contributed by atoms with Gasteiger partial charge in [0.15, 0.2) is 6.10 Å². The quantitative estimate of drug-likeness (QED) is 0.659. The lowest BCUT2D eigenvalue weighted by molar-refractivity contribution is -0.205. The van der Waals surface area contributed by atoms with E-state index in [4.69, 9.17) is 0 Å². The van der Waals surface area contributed by atoms with Gasteiger partial charge in [-0.15, -0.1) is 0 Å². The highest BCUT2D eigenvalue weighted by molar-refractivity contribution is 5.17. The summed E-state index contributed by atoms with van der Waals surface area (Å²) in [6.45, 7) is -1.08. The van der Waals surface area contributed by atoms with Gasteiger partial charge < -0.3 is 10.4 Å². The molecule has 1 aliphatic carbocycles. The third kappa shape index (κ3) is 6.46. The molecule has 0 aromatic carbocycles. The predicted octanol–water partition coefficient (Wildman–Crippen LogP) is 4.65. The Balaban J connectivity index is 2.30. The van der Waals surface area contributed by atoms with Gasteiger partial charge in [-0.2, -0.15) is 39.5 Å². The summed E-state index contributed by atoms with van der Waals surface area (Å²) in [5, 5.41) is 11.6. The molecule has 1 saturated carbocycles. The minimum absolute atomic E-state index is 0.00207. The van der Waals surface area contributed by atoms with Crippen molar-refractivity contribution < 1.29 is 44.6 Å². The lowest BCUT2D eigenvalue weighted by Gasteiger charge is -2.43. The fourth-order valence-electron chi connectivity index (χ4n) is 3.54. The maximum Gasteiger partial charge on any atom is 0.433 e. The van der Waals surface area contributed by atoms with Crippen LogP contribution in [0, 0.1) is 5.92 Å². The average Bonchev–Trinajstić information content (AvgIpc) is 2.58. The van der Waals surface area contributed by atoms with Crippen LogP contribution in [0.1, 0.15) is 37.1 Å². The van der Waals surface area contributed by atoms with Gasteiger partial charge in [0, 0.05) is 24.2 Å². The van der Waals surface area contributed by atoms with Crippen molar-refractivity contribution in [1.29, 1.82) is 0 Å². The molecule has 1 aromatic heterocycles. The molecular weight excluding hydrogens is 419 g/mol. The third-order valence-electron chi connectivity index (χ3n) is 4.97. The van der Waals surface area contributed by atoms with E-state index < -0.39 is 61.2 Å². The fourth-order valence-corrected chi connectivity index (χ4v) is 3.54. The summed E-state index contributed by atoms with van der Waals surface area (Å²) in [4.78, 5) is 3.42. The lowest BCUT2D eigenvalue weighted by atomic mass is 9.72. The second-order valence-electron chi connectivity index (χ2n) is 7.24. The van der Waals surface area contributed by atoms with Crippen molar-refractivity contribution in [3.05, 3.63) is 29.6 Å². The SMILES string of the molecule is OC(CNC1(Cc2cccc(C(F)(F)F)n2)CCCC(C(F)(F)F)C1)C(F)(F)F. The molecule has 0 bridgehead atoms. The summed E-state index contributed by atoms with van der Waals surface area (Å²) in [5.74, 6) is -1.82. The van der Waals surface area contributed by atoms with Crippen LogP contribution in [0.5, 0.6) is 0 Å². The summed E-state index contributed by atoms with van der Waals surface area (Å²) in [5.41, 5.74) is -3.03. The minimum atomic E-state index is -4.99. The highest BCUT2D eigenvalue weighted by Crippen LogP contribution is 2.43. The zero-order valence-corrected chi connectivity index (χ0v) is 14.9. The van der Waals surface area contributed by atoms with E-state index in [0.29, 0.717) is 6.07 Å². The third-order valence-corrected chi connectivity index (χ3v) is 4.97. The Bertz CT molecular complexity index is 687. The molecule has 2 N–H and O–H groups in total. The highest BCUT2D eigenvalue weighted by atomic mass is 19.4. The summed E-state index contributed by atoms with van der Waals surface area (Å²) in [7, 11) is 0. The Hall–Kier alpha value is -1.56. The fraction of sp³-hybridized carbons (Fsp3) is 0.706. The van der Waals surface area contributed by atoms with E-state index in [0.717, 1.165) is 6.07 Å². The summed E-state index contributed by atoms with van der Waals surface area (Å²) in [6, 6.07) is 2.90. The smallest absolute Gasteiger partial charge is 0.382 e. The maximum atomic E-state index is 13.2. The molecule has 3 unspecified atom stereocenters. The molecule has 1 heterocycles. The summed E-state index contributed by atoms with van der Waals surface area (Å²) >= 11 is 0. The number of alkyl halides is 9. The van der Waals surface area contributed by atoms with E-state index in [9.17, 15) is 44.6 Å². The molecule has 2 rings (SSSR count). The van der Waals surface area contributed by atoms with E-state index in [2.05, 4.69) is 10.3 Å². The molecule has 12 heteroatoms. The van der Waals surface area contributed by atoms with Crippen LogP contribution in [-0.2, 0) is 12.6 Å². The number of aliphatic hydroxyl groups excluding tert-OH is 1. The van der Waals surface area contributed by atoms with Crippen LogP contribution in [-0.4, -0.2) is 40.6 Å². The maximum absolute atomic E-state index is 13.2. The van der Waals surface area contributed by atoms with Gasteiger partial charge in [-0.1, -0.05) is 12.5 Å². The molecule has 166 valence electrons. The van der Waals surface area contributed by atoms with Gasteiger partial charge in [0.1, 0.15) is 5.69 Å². The molecule has 0 amide bonds. The number of rotatable bonds is 5. The van der Waals surface area contributed by atoms with Crippen LogP contribution >= 0.6 is 0 Å². The van der Waals surface area contributed by atoms with Gasteiger partial charge in [-0.3, -0.25) is 0 Å². The first-order valence-electron chi connectivity index (χ1n) is 8.72.